The number of amides is 2. The number of hydrogen-bond donors (Lipinski definition) is 1. The van der Waals surface area contributed by atoms with Crippen LogP contribution in [-0.4, -0.2) is 60.4 Å². The van der Waals surface area contributed by atoms with Gasteiger partial charge in [0.2, 0.25) is 11.8 Å². The molecule has 1 N–H and O–H groups in total. The van der Waals surface area contributed by atoms with E-state index in [2.05, 4.69) is 22.3 Å². The van der Waals surface area contributed by atoms with Crippen molar-refractivity contribution in [3.63, 3.8) is 0 Å². The Labute approximate surface area is 155 Å². The number of nitrogens with zero attached hydrogens (tertiary/aromatic N) is 2. The number of ether oxygens (including phenoxy) is 1. The minimum Gasteiger partial charge on any atom is -0.494 e. The average Bonchev–Trinajstić information content (AvgIpc) is 2.62. The molecule has 1 aromatic carbocycles. The van der Waals surface area contributed by atoms with Gasteiger partial charge in [-0.2, -0.15) is 0 Å². The highest BCUT2D eigenvalue weighted by Gasteiger charge is 2.24. The Balaban J connectivity index is 1.48. The summed E-state index contributed by atoms with van der Waals surface area (Å²) in [6.45, 7) is 7.82. The topological polar surface area (TPSA) is 61.9 Å². The van der Waals surface area contributed by atoms with Crippen LogP contribution in [0.1, 0.15) is 37.8 Å². The third kappa shape index (κ3) is 4.75. The van der Waals surface area contributed by atoms with Gasteiger partial charge in [0.25, 0.3) is 0 Å². The molecular weight excluding hydrogens is 330 g/mol. The lowest BCUT2D eigenvalue weighted by Gasteiger charge is -2.33. The van der Waals surface area contributed by atoms with Crippen molar-refractivity contribution in [2.24, 2.45) is 0 Å². The van der Waals surface area contributed by atoms with Crippen molar-refractivity contribution in [2.75, 3.05) is 32.8 Å². The van der Waals surface area contributed by atoms with E-state index in [4.69, 9.17) is 4.74 Å². The summed E-state index contributed by atoms with van der Waals surface area (Å²) in [5, 5.41) is 3.14. The first-order valence-electron chi connectivity index (χ1n) is 9.57. The summed E-state index contributed by atoms with van der Waals surface area (Å²) in [6, 6.07) is 6.44. The highest BCUT2D eigenvalue weighted by molar-refractivity contribution is 5.78. The number of rotatable bonds is 5. The van der Waals surface area contributed by atoms with Gasteiger partial charge >= 0.3 is 0 Å². The molecule has 2 aliphatic heterocycles. The van der Waals surface area contributed by atoms with Crippen molar-refractivity contribution in [2.45, 2.75) is 45.7 Å². The molecular formula is C20H29N3O3. The number of carbonyl (C=O) groups is 2. The van der Waals surface area contributed by atoms with Gasteiger partial charge in [0.1, 0.15) is 5.75 Å². The van der Waals surface area contributed by atoms with Gasteiger partial charge in [-0.15, -0.1) is 0 Å². The van der Waals surface area contributed by atoms with Crippen LogP contribution in [0.25, 0.3) is 0 Å². The van der Waals surface area contributed by atoms with Crippen LogP contribution in [0, 0.1) is 0 Å². The summed E-state index contributed by atoms with van der Waals surface area (Å²) in [5.41, 5.74) is 2.60. The third-order valence-corrected chi connectivity index (χ3v) is 5.25. The molecule has 0 unspecified atom stereocenters. The quantitative estimate of drug-likeness (QED) is 0.867. The van der Waals surface area contributed by atoms with Gasteiger partial charge in [0.05, 0.1) is 13.2 Å². The summed E-state index contributed by atoms with van der Waals surface area (Å²) in [6.07, 6.45) is 2.64. The Morgan fingerprint density at radius 2 is 1.96 bits per heavy atom. The molecule has 2 amide bonds. The van der Waals surface area contributed by atoms with E-state index in [1.54, 1.807) is 6.92 Å². The minimum atomic E-state index is 0.0793. The fourth-order valence-electron chi connectivity index (χ4n) is 3.80. The molecule has 2 aliphatic rings. The number of likely N-dealkylation sites (tertiary alicyclic amines) is 1. The van der Waals surface area contributed by atoms with E-state index in [1.165, 1.54) is 11.1 Å². The summed E-state index contributed by atoms with van der Waals surface area (Å²) < 4.78 is 5.59. The van der Waals surface area contributed by atoms with E-state index in [-0.39, 0.29) is 17.9 Å². The van der Waals surface area contributed by atoms with Crippen LogP contribution in [-0.2, 0) is 22.6 Å². The second-order valence-corrected chi connectivity index (χ2v) is 7.17. The molecule has 2 heterocycles. The van der Waals surface area contributed by atoms with Crippen LogP contribution in [0.2, 0.25) is 0 Å². The van der Waals surface area contributed by atoms with Crippen LogP contribution in [0.4, 0.5) is 0 Å². The van der Waals surface area contributed by atoms with Crippen molar-refractivity contribution < 1.29 is 14.3 Å². The number of hydrogen-bond acceptors (Lipinski definition) is 4. The Bertz CT molecular complexity index is 654. The standard InChI is InChI=1S/C20H29N3O3/c1-3-26-19-5-4-16-6-9-22(13-17(16)12-19)14-20(25)21-18-7-10-23(11-8-18)15(2)24/h4-5,12,18H,3,6-11,13-14H2,1-2H3,(H,21,25). The molecule has 1 saturated heterocycles. The Hall–Kier alpha value is -2.08. The predicted octanol–water partition coefficient (Wildman–Crippen LogP) is 1.57. The van der Waals surface area contributed by atoms with Gasteiger partial charge in [-0.1, -0.05) is 6.07 Å². The largest absolute Gasteiger partial charge is 0.494 e. The lowest BCUT2D eigenvalue weighted by atomic mass is 9.99. The summed E-state index contributed by atoms with van der Waals surface area (Å²) in [5.74, 6) is 1.10. The van der Waals surface area contributed by atoms with Gasteiger partial charge in [-0.25, -0.2) is 0 Å². The van der Waals surface area contributed by atoms with E-state index >= 15 is 0 Å². The van der Waals surface area contributed by atoms with Gasteiger partial charge in [-0.3, -0.25) is 14.5 Å². The maximum atomic E-state index is 12.4. The first kappa shape index (κ1) is 18.7. The molecule has 0 saturated carbocycles. The first-order valence-corrected chi connectivity index (χ1v) is 9.57. The van der Waals surface area contributed by atoms with E-state index in [9.17, 15) is 9.59 Å². The van der Waals surface area contributed by atoms with Gasteiger partial charge in [0.15, 0.2) is 0 Å². The first-order chi connectivity index (χ1) is 12.5. The molecule has 1 aromatic rings. The third-order valence-electron chi connectivity index (χ3n) is 5.25. The molecule has 26 heavy (non-hydrogen) atoms. The highest BCUT2D eigenvalue weighted by atomic mass is 16.5. The van der Waals surface area contributed by atoms with E-state index in [1.807, 2.05) is 17.9 Å². The molecule has 6 heteroatoms. The number of carbonyl (C=O) groups excluding carboxylic acids is 2. The number of benzene rings is 1. The maximum Gasteiger partial charge on any atom is 0.234 e. The molecule has 3 rings (SSSR count). The zero-order valence-corrected chi connectivity index (χ0v) is 15.8. The van der Waals surface area contributed by atoms with Gasteiger partial charge < -0.3 is 15.0 Å². The molecule has 6 nitrogen and oxygen atoms in total. The average molecular weight is 359 g/mol. The van der Waals surface area contributed by atoms with Crippen LogP contribution in [0.3, 0.4) is 0 Å². The fourth-order valence-corrected chi connectivity index (χ4v) is 3.80. The van der Waals surface area contributed by atoms with Crippen molar-refractivity contribution in [3.8, 4) is 5.75 Å². The second-order valence-electron chi connectivity index (χ2n) is 7.17. The minimum absolute atomic E-state index is 0.0793. The molecule has 0 aliphatic carbocycles. The molecule has 142 valence electrons. The monoisotopic (exact) mass is 359 g/mol. The van der Waals surface area contributed by atoms with Crippen LogP contribution >= 0.6 is 0 Å². The van der Waals surface area contributed by atoms with Crippen LogP contribution in [0.5, 0.6) is 5.75 Å². The zero-order chi connectivity index (χ0) is 18.5. The van der Waals surface area contributed by atoms with Gasteiger partial charge in [-0.05, 0) is 49.4 Å². The summed E-state index contributed by atoms with van der Waals surface area (Å²) >= 11 is 0. The van der Waals surface area contributed by atoms with Crippen molar-refractivity contribution >= 4 is 11.8 Å². The smallest absolute Gasteiger partial charge is 0.234 e. The molecule has 0 bridgehead atoms. The Morgan fingerprint density at radius 3 is 2.65 bits per heavy atom. The van der Waals surface area contributed by atoms with Crippen molar-refractivity contribution in [1.82, 2.24) is 15.1 Å². The summed E-state index contributed by atoms with van der Waals surface area (Å²) in [4.78, 5) is 27.8. The molecule has 0 atom stereocenters. The highest BCUT2D eigenvalue weighted by Crippen LogP contribution is 2.24. The predicted molar refractivity (Wildman–Crippen MR) is 100 cm³/mol. The SMILES string of the molecule is CCOc1ccc2c(c1)CN(CC(=O)NC1CCN(C(C)=O)CC1)CC2. The molecule has 0 aromatic heterocycles. The molecule has 1 fully saturated rings. The van der Waals surface area contributed by atoms with Crippen LogP contribution < -0.4 is 10.1 Å². The lowest BCUT2D eigenvalue weighted by Crippen LogP contribution is -2.48. The lowest BCUT2D eigenvalue weighted by molar-refractivity contribution is -0.130. The number of fused-ring (bicyclic) bond motifs is 1. The maximum absolute atomic E-state index is 12.4. The Kier molecular flexibility index (Phi) is 6.14. The normalized spacial score (nSPS) is 18.3. The van der Waals surface area contributed by atoms with Gasteiger partial charge in [0, 0.05) is 39.1 Å². The Morgan fingerprint density at radius 1 is 1.19 bits per heavy atom. The molecule has 0 spiro atoms. The van der Waals surface area contributed by atoms with E-state index < -0.39 is 0 Å². The van der Waals surface area contributed by atoms with Crippen molar-refractivity contribution in [3.05, 3.63) is 29.3 Å². The second kappa shape index (κ2) is 8.54. The fraction of sp³-hybridized carbons (Fsp3) is 0.600. The van der Waals surface area contributed by atoms with Crippen LogP contribution in [0.15, 0.2) is 18.2 Å². The zero-order valence-electron chi connectivity index (χ0n) is 15.8. The summed E-state index contributed by atoms with van der Waals surface area (Å²) in [7, 11) is 0. The van der Waals surface area contributed by atoms with Crippen molar-refractivity contribution in [1.29, 1.82) is 0 Å². The van der Waals surface area contributed by atoms with E-state index in [0.29, 0.717) is 13.2 Å². The number of piperidine rings is 1. The number of nitrogens with one attached hydrogen (secondary N) is 1. The van der Waals surface area contributed by atoms with E-state index in [0.717, 1.165) is 51.2 Å². The molecule has 0 radical (unpaired) electrons.